The molecule has 144 valence electrons. The van der Waals surface area contributed by atoms with Crippen LogP contribution in [0, 0.1) is 5.92 Å². The topological polar surface area (TPSA) is 98.7 Å². The maximum atomic E-state index is 12.4. The molecule has 0 spiro atoms. The minimum absolute atomic E-state index is 0.0963. The Balaban J connectivity index is 2.19. The summed E-state index contributed by atoms with van der Waals surface area (Å²) in [5.41, 5.74) is 1.15. The van der Waals surface area contributed by atoms with Crippen molar-refractivity contribution < 1.29 is 13.2 Å². The Labute approximate surface area is 169 Å². The van der Waals surface area contributed by atoms with Gasteiger partial charge < -0.3 is 9.64 Å². The number of rotatable bonds is 5. The normalized spacial score (nSPS) is 19.3. The van der Waals surface area contributed by atoms with E-state index in [1.807, 2.05) is 48.3 Å². The van der Waals surface area contributed by atoms with Crippen molar-refractivity contribution in [1.82, 2.24) is 0 Å². The lowest BCUT2D eigenvalue weighted by Crippen LogP contribution is -2.23. The molecule has 1 aliphatic carbocycles. The maximum absolute atomic E-state index is 12.4. The summed E-state index contributed by atoms with van der Waals surface area (Å²) in [6.45, 7) is 3.30. The largest absolute Gasteiger partial charge is 0.458 e. The average Bonchev–Trinajstić information content (AvgIpc) is 3.16. The van der Waals surface area contributed by atoms with Gasteiger partial charge in [0.2, 0.25) is 10.0 Å². The van der Waals surface area contributed by atoms with Crippen LogP contribution in [0.4, 0.5) is 5.69 Å². The molecule has 1 atom stereocenters. The SMILES string of the molecule is CC1CC=CC=C1Oc1c(N2CC=CC2)cc(C(=S)SN)cc1S(N)(=O)=O. The third-order valence-corrected chi connectivity index (χ3v) is 6.33. The highest BCUT2D eigenvalue weighted by Crippen LogP contribution is 2.40. The zero-order chi connectivity index (χ0) is 19.6. The molecule has 9 heteroatoms. The van der Waals surface area contributed by atoms with Gasteiger partial charge in [-0.25, -0.2) is 13.6 Å². The van der Waals surface area contributed by atoms with Gasteiger partial charge in [0, 0.05) is 24.6 Å². The van der Waals surface area contributed by atoms with Crippen LogP contribution < -0.4 is 19.9 Å². The minimum atomic E-state index is -4.05. The van der Waals surface area contributed by atoms with Crippen LogP contribution in [0.2, 0.25) is 0 Å². The second-order valence-corrected chi connectivity index (χ2v) is 9.23. The predicted molar refractivity (Wildman–Crippen MR) is 114 cm³/mol. The van der Waals surface area contributed by atoms with Crippen LogP contribution in [0.3, 0.4) is 0 Å². The summed E-state index contributed by atoms with van der Waals surface area (Å²) in [6, 6.07) is 3.24. The van der Waals surface area contributed by atoms with E-state index >= 15 is 0 Å². The van der Waals surface area contributed by atoms with Crippen molar-refractivity contribution in [1.29, 1.82) is 0 Å². The molecular formula is C18H21N3O3S3. The van der Waals surface area contributed by atoms with E-state index in [1.165, 1.54) is 6.07 Å². The number of primary sulfonamides is 1. The van der Waals surface area contributed by atoms with Crippen LogP contribution in [-0.2, 0) is 10.0 Å². The summed E-state index contributed by atoms with van der Waals surface area (Å²) in [7, 11) is -4.05. The van der Waals surface area contributed by atoms with Crippen molar-refractivity contribution in [2.75, 3.05) is 18.0 Å². The fourth-order valence-corrected chi connectivity index (χ4v) is 4.04. The summed E-state index contributed by atoms with van der Waals surface area (Å²) >= 11 is 6.16. The van der Waals surface area contributed by atoms with Crippen molar-refractivity contribution in [3.05, 3.63) is 53.8 Å². The number of hydrogen-bond donors (Lipinski definition) is 2. The maximum Gasteiger partial charge on any atom is 0.241 e. The molecule has 6 nitrogen and oxygen atoms in total. The number of hydrogen-bond acceptors (Lipinski definition) is 7. The number of nitrogens with zero attached hydrogens (tertiary/aromatic N) is 1. The third kappa shape index (κ3) is 4.44. The summed E-state index contributed by atoms with van der Waals surface area (Å²) in [6.07, 6.45) is 10.6. The number of ether oxygens (including phenoxy) is 1. The van der Waals surface area contributed by atoms with Crippen LogP contribution >= 0.6 is 24.2 Å². The summed E-state index contributed by atoms with van der Waals surface area (Å²) < 4.78 is 31.2. The number of benzene rings is 1. The Morgan fingerprint density at radius 2 is 2.00 bits per heavy atom. The van der Waals surface area contributed by atoms with E-state index in [4.69, 9.17) is 27.2 Å². The van der Waals surface area contributed by atoms with E-state index in [9.17, 15) is 8.42 Å². The molecular weight excluding hydrogens is 402 g/mol. The van der Waals surface area contributed by atoms with Gasteiger partial charge in [0.15, 0.2) is 5.75 Å². The lowest BCUT2D eigenvalue weighted by atomic mass is 10.0. The molecule has 0 amide bonds. The van der Waals surface area contributed by atoms with E-state index < -0.39 is 10.0 Å². The lowest BCUT2D eigenvalue weighted by molar-refractivity contribution is 0.348. The Bertz CT molecular complexity index is 944. The molecule has 1 heterocycles. The van der Waals surface area contributed by atoms with Gasteiger partial charge in [-0.15, -0.1) is 0 Å². The van der Waals surface area contributed by atoms with Crippen LogP contribution in [0.5, 0.6) is 5.75 Å². The Kier molecular flexibility index (Phi) is 6.07. The molecule has 27 heavy (non-hydrogen) atoms. The van der Waals surface area contributed by atoms with E-state index in [0.29, 0.717) is 34.3 Å². The van der Waals surface area contributed by atoms with E-state index in [-0.39, 0.29) is 16.6 Å². The molecule has 0 saturated carbocycles. The predicted octanol–water partition coefficient (Wildman–Crippen LogP) is 2.85. The van der Waals surface area contributed by atoms with Gasteiger partial charge in [-0.1, -0.05) is 43.4 Å². The van der Waals surface area contributed by atoms with Crippen molar-refractivity contribution in [2.24, 2.45) is 16.2 Å². The fraction of sp³-hybridized carbons (Fsp3) is 0.278. The highest BCUT2D eigenvalue weighted by Gasteiger charge is 2.27. The number of anilines is 1. The van der Waals surface area contributed by atoms with Crippen molar-refractivity contribution in [2.45, 2.75) is 18.2 Å². The Morgan fingerprint density at radius 3 is 2.59 bits per heavy atom. The fourth-order valence-electron chi connectivity index (χ4n) is 2.98. The lowest BCUT2D eigenvalue weighted by Gasteiger charge is -2.26. The van der Waals surface area contributed by atoms with Crippen LogP contribution in [-0.4, -0.2) is 25.7 Å². The monoisotopic (exact) mass is 423 g/mol. The molecule has 2 aliphatic rings. The highest BCUT2D eigenvalue weighted by molar-refractivity contribution is 8.22. The smallest absolute Gasteiger partial charge is 0.241 e. The van der Waals surface area contributed by atoms with Gasteiger partial charge in [-0.3, -0.25) is 5.14 Å². The number of nitrogens with two attached hydrogens (primary N) is 2. The Hall–Kier alpha value is -1.65. The molecule has 0 bridgehead atoms. The molecule has 0 fully saturated rings. The number of thiocarbonyl (C=S) groups is 1. The van der Waals surface area contributed by atoms with Gasteiger partial charge >= 0.3 is 0 Å². The van der Waals surface area contributed by atoms with Gasteiger partial charge in [0.1, 0.15) is 10.7 Å². The summed E-state index contributed by atoms with van der Waals surface area (Å²) in [5, 5.41) is 11.1. The van der Waals surface area contributed by atoms with Gasteiger partial charge in [0.05, 0.1) is 9.88 Å². The third-order valence-electron chi connectivity index (χ3n) is 4.44. The van der Waals surface area contributed by atoms with Crippen molar-refractivity contribution in [3.8, 4) is 5.75 Å². The van der Waals surface area contributed by atoms with Crippen molar-refractivity contribution >= 4 is 44.1 Å². The molecule has 4 N–H and O–H groups in total. The first-order valence-corrected chi connectivity index (χ1v) is 11.2. The van der Waals surface area contributed by atoms with Gasteiger partial charge in [-0.2, -0.15) is 0 Å². The second-order valence-electron chi connectivity index (χ2n) is 6.39. The van der Waals surface area contributed by atoms with Gasteiger partial charge in [-0.05, 0) is 36.6 Å². The van der Waals surface area contributed by atoms with Crippen LogP contribution in [0.25, 0.3) is 0 Å². The molecule has 0 saturated heterocycles. The average molecular weight is 424 g/mol. The van der Waals surface area contributed by atoms with Crippen LogP contribution in [0.15, 0.2) is 53.2 Å². The van der Waals surface area contributed by atoms with E-state index in [2.05, 4.69) is 0 Å². The zero-order valence-corrected chi connectivity index (χ0v) is 17.2. The summed E-state index contributed by atoms with van der Waals surface area (Å²) in [4.78, 5) is 1.90. The van der Waals surface area contributed by atoms with Crippen molar-refractivity contribution in [3.63, 3.8) is 0 Å². The first-order chi connectivity index (χ1) is 12.8. The number of allylic oxidation sites excluding steroid dienone is 4. The first-order valence-electron chi connectivity index (χ1n) is 8.37. The second kappa shape index (κ2) is 8.15. The molecule has 1 unspecified atom stereocenters. The minimum Gasteiger partial charge on any atom is -0.458 e. The standard InChI is InChI=1S/C18H21N3O3S3/c1-12-6-2-3-7-15(12)24-17-14(21-8-4-5-9-21)10-13(18(25)26-19)11-16(17)27(20,22)23/h2-5,7,10-12H,6,8-9,19H2,1H3,(H2,20,22,23). The molecule has 1 aromatic carbocycles. The Morgan fingerprint density at radius 1 is 1.30 bits per heavy atom. The van der Waals surface area contributed by atoms with Gasteiger partial charge in [0.25, 0.3) is 0 Å². The first kappa shape index (κ1) is 20.1. The zero-order valence-electron chi connectivity index (χ0n) is 14.8. The molecule has 1 aromatic rings. The van der Waals surface area contributed by atoms with Crippen LogP contribution in [0.1, 0.15) is 18.9 Å². The van der Waals surface area contributed by atoms with E-state index in [1.54, 1.807) is 0 Å². The number of sulfonamides is 1. The molecule has 1 aliphatic heterocycles. The summed E-state index contributed by atoms with van der Waals surface area (Å²) in [5.74, 6) is 1.05. The molecule has 0 radical (unpaired) electrons. The molecule has 0 aromatic heterocycles. The van der Waals surface area contributed by atoms with E-state index in [0.717, 1.165) is 18.4 Å². The molecule has 3 rings (SSSR count). The highest BCUT2D eigenvalue weighted by atomic mass is 32.2. The quantitative estimate of drug-likeness (QED) is 0.427.